The first kappa shape index (κ1) is 23.5. The lowest BCUT2D eigenvalue weighted by molar-refractivity contribution is -0.130. The average Bonchev–Trinajstić information content (AvgIpc) is 3.45. The summed E-state index contributed by atoms with van der Waals surface area (Å²) in [6.45, 7) is 1.72. The maximum absolute atomic E-state index is 13.4. The molecule has 0 unspecified atom stereocenters. The number of nitrogens with zero attached hydrogens (tertiary/aromatic N) is 3. The largest absolute Gasteiger partial charge is 0.341 e. The molecule has 2 fully saturated rings. The van der Waals surface area contributed by atoms with E-state index in [4.69, 9.17) is 35.4 Å². The van der Waals surface area contributed by atoms with Gasteiger partial charge in [-0.25, -0.2) is 0 Å². The molecule has 178 valence electrons. The summed E-state index contributed by atoms with van der Waals surface area (Å²) in [6, 6.07) is 12.2. The zero-order valence-corrected chi connectivity index (χ0v) is 20.8. The number of aromatic nitrogens is 1. The Bertz CT molecular complexity index is 1410. The number of fused-ring (bicyclic) bond motifs is 1. The molecule has 7 nitrogen and oxygen atoms in total. The fourth-order valence-corrected chi connectivity index (χ4v) is 5.24. The van der Waals surface area contributed by atoms with E-state index in [0.29, 0.717) is 21.3 Å². The molecular formula is C25H20Cl2N4O3S. The van der Waals surface area contributed by atoms with E-state index in [-0.39, 0.29) is 23.1 Å². The highest BCUT2D eigenvalue weighted by molar-refractivity contribution is 7.80. The van der Waals surface area contributed by atoms with E-state index in [0.717, 1.165) is 36.8 Å². The van der Waals surface area contributed by atoms with E-state index in [2.05, 4.69) is 5.32 Å². The van der Waals surface area contributed by atoms with E-state index < -0.39 is 11.8 Å². The summed E-state index contributed by atoms with van der Waals surface area (Å²) in [5, 5.41) is 3.99. The van der Waals surface area contributed by atoms with Crippen LogP contribution in [0.15, 0.2) is 54.2 Å². The van der Waals surface area contributed by atoms with Crippen LogP contribution in [-0.2, 0) is 20.9 Å². The fraction of sp³-hybridized carbons (Fsp3) is 0.200. The van der Waals surface area contributed by atoms with Crippen LogP contribution in [-0.4, -0.2) is 45.4 Å². The molecule has 0 aliphatic carbocycles. The van der Waals surface area contributed by atoms with Crippen molar-refractivity contribution in [2.45, 2.75) is 19.4 Å². The molecule has 2 aliphatic heterocycles. The molecule has 3 aromatic rings. The highest BCUT2D eigenvalue weighted by Gasteiger charge is 2.35. The number of anilines is 1. The molecule has 0 saturated carbocycles. The first-order valence-corrected chi connectivity index (χ1v) is 12.2. The van der Waals surface area contributed by atoms with Crippen LogP contribution in [0, 0.1) is 0 Å². The maximum atomic E-state index is 13.4. The van der Waals surface area contributed by atoms with Crippen molar-refractivity contribution >= 4 is 80.9 Å². The van der Waals surface area contributed by atoms with E-state index in [1.165, 1.54) is 17.0 Å². The molecule has 3 amide bonds. The Balaban J connectivity index is 1.53. The van der Waals surface area contributed by atoms with Crippen molar-refractivity contribution in [3.8, 4) is 0 Å². The van der Waals surface area contributed by atoms with Gasteiger partial charge in [-0.15, -0.1) is 0 Å². The lowest BCUT2D eigenvalue weighted by Crippen LogP contribution is -2.54. The molecule has 2 aromatic carbocycles. The second kappa shape index (κ2) is 9.45. The van der Waals surface area contributed by atoms with Gasteiger partial charge < -0.3 is 9.47 Å². The Morgan fingerprint density at radius 1 is 1.06 bits per heavy atom. The predicted octanol–water partition coefficient (Wildman–Crippen LogP) is 4.40. The van der Waals surface area contributed by atoms with Crippen LogP contribution >= 0.6 is 35.4 Å². The molecule has 1 N–H and O–H groups in total. The topological polar surface area (TPSA) is 74.6 Å². The lowest BCUT2D eigenvalue weighted by Gasteiger charge is -2.29. The van der Waals surface area contributed by atoms with Crippen LogP contribution in [0.3, 0.4) is 0 Å². The normalized spacial score (nSPS) is 17.5. The minimum absolute atomic E-state index is 0.0447. The second-order valence-electron chi connectivity index (χ2n) is 8.40. The molecule has 1 aromatic heterocycles. The van der Waals surface area contributed by atoms with E-state index in [1.54, 1.807) is 18.3 Å². The summed E-state index contributed by atoms with van der Waals surface area (Å²) in [5.74, 6) is -1.15. The molecule has 5 rings (SSSR count). The molecule has 10 heteroatoms. The van der Waals surface area contributed by atoms with Gasteiger partial charge in [-0.1, -0.05) is 41.4 Å². The van der Waals surface area contributed by atoms with Gasteiger partial charge in [-0.2, -0.15) is 0 Å². The third-order valence-electron chi connectivity index (χ3n) is 6.09. The van der Waals surface area contributed by atoms with Crippen LogP contribution in [0.5, 0.6) is 0 Å². The number of hydrogen-bond acceptors (Lipinski definition) is 4. The number of hydrogen-bond donors (Lipinski definition) is 1. The van der Waals surface area contributed by atoms with Crippen molar-refractivity contribution < 1.29 is 14.4 Å². The molecule has 0 spiro atoms. The van der Waals surface area contributed by atoms with Gasteiger partial charge >= 0.3 is 0 Å². The highest BCUT2D eigenvalue weighted by Crippen LogP contribution is 2.30. The summed E-state index contributed by atoms with van der Waals surface area (Å²) >= 11 is 17.5. The number of thiocarbonyl (C=S) groups is 1. The Morgan fingerprint density at radius 2 is 1.74 bits per heavy atom. The van der Waals surface area contributed by atoms with Crippen LogP contribution in [0.1, 0.15) is 18.4 Å². The molecule has 0 atom stereocenters. The van der Waals surface area contributed by atoms with Crippen molar-refractivity contribution in [2.24, 2.45) is 0 Å². The van der Waals surface area contributed by atoms with Gasteiger partial charge in [0, 0.05) is 45.8 Å². The molecule has 0 radical (unpaired) electrons. The number of nitrogens with one attached hydrogen (secondary N) is 1. The second-order valence-corrected chi connectivity index (χ2v) is 9.66. The number of rotatable bonds is 4. The molecule has 2 saturated heterocycles. The summed E-state index contributed by atoms with van der Waals surface area (Å²) in [4.78, 5) is 42.0. The van der Waals surface area contributed by atoms with Crippen LogP contribution in [0.25, 0.3) is 17.0 Å². The minimum atomic E-state index is -0.602. The van der Waals surface area contributed by atoms with Gasteiger partial charge in [0.1, 0.15) is 12.1 Å². The van der Waals surface area contributed by atoms with Crippen molar-refractivity contribution in [1.29, 1.82) is 0 Å². The zero-order chi connectivity index (χ0) is 24.7. The van der Waals surface area contributed by atoms with Crippen molar-refractivity contribution in [3.05, 3.63) is 69.8 Å². The van der Waals surface area contributed by atoms with Crippen LogP contribution in [0.2, 0.25) is 10.0 Å². The monoisotopic (exact) mass is 526 g/mol. The predicted molar refractivity (Wildman–Crippen MR) is 140 cm³/mol. The Kier molecular flexibility index (Phi) is 6.35. The van der Waals surface area contributed by atoms with Crippen LogP contribution in [0.4, 0.5) is 5.69 Å². The van der Waals surface area contributed by atoms with Gasteiger partial charge in [0.05, 0.1) is 5.69 Å². The number of carbonyl (C=O) groups is 3. The number of benzene rings is 2. The minimum Gasteiger partial charge on any atom is -0.341 e. The van der Waals surface area contributed by atoms with Gasteiger partial charge in [-0.05, 0) is 55.4 Å². The number of likely N-dealkylation sites (tertiary alicyclic amines) is 1. The Hall–Kier alpha value is -3.20. The molecule has 3 heterocycles. The zero-order valence-electron chi connectivity index (χ0n) is 18.5. The molecule has 2 aliphatic rings. The number of amides is 3. The third kappa shape index (κ3) is 4.57. The van der Waals surface area contributed by atoms with Crippen molar-refractivity contribution in [1.82, 2.24) is 14.8 Å². The first-order valence-electron chi connectivity index (χ1n) is 11.0. The van der Waals surface area contributed by atoms with Gasteiger partial charge in [0.2, 0.25) is 5.91 Å². The fourth-order valence-electron chi connectivity index (χ4n) is 4.45. The van der Waals surface area contributed by atoms with Crippen molar-refractivity contribution in [3.63, 3.8) is 0 Å². The van der Waals surface area contributed by atoms with Gasteiger partial charge in [0.25, 0.3) is 11.8 Å². The lowest BCUT2D eigenvalue weighted by atomic mass is 10.1. The Morgan fingerprint density at radius 3 is 2.46 bits per heavy atom. The summed E-state index contributed by atoms with van der Waals surface area (Å²) < 4.78 is 1.85. The number of carbonyl (C=O) groups excluding carboxylic acids is 3. The van der Waals surface area contributed by atoms with Crippen molar-refractivity contribution in [2.75, 3.05) is 18.0 Å². The maximum Gasteiger partial charge on any atom is 0.270 e. The quantitative estimate of drug-likeness (QED) is 0.310. The SMILES string of the molecule is O=C1NC(=S)N(c2cc(Cl)cc(Cl)c2)C(=O)C1=Cc1cn(CC(=O)N2CCCC2)c2ccccc12. The average molecular weight is 527 g/mol. The first-order chi connectivity index (χ1) is 16.8. The van der Waals surface area contributed by atoms with Gasteiger partial charge in [-0.3, -0.25) is 24.6 Å². The molecule has 35 heavy (non-hydrogen) atoms. The van der Waals surface area contributed by atoms with E-state index in [1.807, 2.05) is 33.7 Å². The highest BCUT2D eigenvalue weighted by atomic mass is 35.5. The summed E-state index contributed by atoms with van der Waals surface area (Å²) in [7, 11) is 0. The standard InChI is InChI=1S/C25H20Cl2N4O3S/c26-16-10-17(27)12-18(11-16)31-24(34)20(23(33)28-25(31)35)9-15-13-30(21-6-2-1-5-19(15)21)14-22(32)29-7-3-4-8-29/h1-2,5-6,9-13H,3-4,7-8,14H2,(H,28,33,35). The number of para-hydroxylation sites is 1. The molecular weight excluding hydrogens is 507 g/mol. The van der Waals surface area contributed by atoms with Crippen LogP contribution < -0.4 is 10.2 Å². The third-order valence-corrected chi connectivity index (χ3v) is 6.81. The number of halogens is 2. The molecule has 0 bridgehead atoms. The van der Waals surface area contributed by atoms with E-state index in [9.17, 15) is 14.4 Å². The van der Waals surface area contributed by atoms with E-state index >= 15 is 0 Å². The van der Waals surface area contributed by atoms with Gasteiger partial charge in [0.15, 0.2) is 5.11 Å². The Labute approximate surface area is 216 Å². The summed E-state index contributed by atoms with van der Waals surface area (Å²) in [6.07, 6.45) is 5.35. The summed E-state index contributed by atoms with van der Waals surface area (Å²) in [5.41, 5.74) is 1.74. The smallest absolute Gasteiger partial charge is 0.270 e.